The second-order valence-corrected chi connectivity index (χ2v) is 4.38. The molecule has 4 nitrogen and oxygen atoms in total. The van der Waals surface area contributed by atoms with E-state index in [2.05, 4.69) is 4.90 Å². The first-order valence-corrected chi connectivity index (χ1v) is 5.42. The maximum Gasteiger partial charge on any atom is 0.236 e. The Hall–Kier alpha value is -0.610. The summed E-state index contributed by atoms with van der Waals surface area (Å²) in [6, 6.07) is 1.22. The number of carbonyl (C=O) groups excluding carboxylic acids is 1. The van der Waals surface area contributed by atoms with Crippen molar-refractivity contribution in [3.05, 3.63) is 0 Å². The zero-order valence-corrected chi connectivity index (χ0v) is 8.78. The minimum absolute atomic E-state index is 0.0626. The summed E-state index contributed by atoms with van der Waals surface area (Å²) in [5.74, 6) is 0.0626. The number of rotatable bonds is 3. The molecule has 0 bridgehead atoms. The number of amides is 1. The zero-order chi connectivity index (χ0) is 10.1. The van der Waals surface area contributed by atoms with Gasteiger partial charge in [-0.2, -0.15) is 0 Å². The van der Waals surface area contributed by atoms with Gasteiger partial charge >= 0.3 is 0 Å². The maximum atomic E-state index is 11.4. The number of nitrogens with zero attached hydrogens (tertiary/aromatic N) is 2. The van der Waals surface area contributed by atoms with E-state index in [4.69, 9.17) is 5.73 Å². The van der Waals surface area contributed by atoms with E-state index in [9.17, 15) is 4.79 Å². The van der Waals surface area contributed by atoms with Crippen LogP contribution in [0.25, 0.3) is 0 Å². The molecule has 0 aromatic rings. The molecule has 1 unspecified atom stereocenters. The summed E-state index contributed by atoms with van der Waals surface area (Å²) in [6.45, 7) is 2.33. The Balaban J connectivity index is 1.84. The van der Waals surface area contributed by atoms with E-state index in [0.29, 0.717) is 6.04 Å². The van der Waals surface area contributed by atoms with E-state index in [1.54, 1.807) is 0 Å². The van der Waals surface area contributed by atoms with Crippen LogP contribution in [0.1, 0.15) is 19.3 Å². The number of likely N-dealkylation sites (N-methyl/N-ethyl adjacent to an activating group) is 1. The van der Waals surface area contributed by atoms with Crippen LogP contribution in [0.15, 0.2) is 0 Å². The van der Waals surface area contributed by atoms with Gasteiger partial charge in [-0.1, -0.05) is 0 Å². The fourth-order valence-corrected chi connectivity index (χ4v) is 2.20. The number of hydrogen-bond acceptors (Lipinski definition) is 3. The molecule has 0 aromatic carbocycles. The molecule has 80 valence electrons. The number of nitrogens with two attached hydrogens (primary N) is 1. The standard InChI is InChI=1S/C10H19N3O/c1-12(10(14)6-11)9-4-5-13(7-9)8-2-3-8/h8-9H,2-7,11H2,1H3. The third-order valence-corrected chi connectivity index (χ3v) is 3.37. The van der Waals surface area contributed by atoms with Gasteiger partial charge in [-0.15, -0.1) is 0 Å². The van der Waals surface area contributed by atoms with Crippen molar-refractivity contribution in [2.75, 3.05) is 26.7 Å². The van der Waals surface area contributed by atoms with E-state index < -0.39 is 0 Å². The normalized spacial score (nSPS) is 28.0. The topological polar surface area (TPSA) is 49.6 Å². The molecule has 1 atom stereocenters. The van der Waals surface area contributed by atoms with Crippen molar-refractivity contribution in [1.29, 1.82) is 0 Å². The smallest absolute Gasteiger partial charge is 0.236 e. The van der Waals surface area contributed by atoms with Crippen LogP contribution in [0.2, 0.25) is 0 Å². The second kappa shape index (κ2) is 3.87. The molecule has 1 amide bonds. The van der Waals surface area contributed by atoms with E-state index in [1.165, 1.54) is 12.8 Å². The van der Waals surface area contributed by atoms with E-state index in [1.807, 2.05) is 11.9 Å². The van der Waals surface area contributed by atoms with Crippen molar-refractivity contribution in [3.63, 3.8) is 0 Å². The van der Waals surface area contributed by atoms with Crippen molar-refractivity contribution in [2.24, 2.45) is 5.73 Å². The zero-order valence-electron chi connectivity index (χ0n) is 8.78. The predicted octanol–water partition coefficient (Wildman–Crippen LogP) is -0.360. The Labute approximate surface area is 85.0 Å². The number of hydrogen-bond donors (Lipinski definition) is 1. The molecule has 2 aliphatic rings. The van der Waals surface area contributed by atoms with Gasteiger partial charge < -0.3 is 10.6 Å². The summed E-state index contributed by atoms with van der Waals surface area (Å²) in [5.41, 5.74) is 5.34. The fourth-order valence-electron chi connectivity index (χ4n) is 2.20. The molecule has 2 N–H and O–H groups in total. The van der Waals surface area contributed by atoms with Crippen LogP contribution in [0.5, 0.6) is 0 Å². The van der Waals surface area contributed by atoms with Crippen molar-refractivity contribution in [3.8, 4) is 0 Å². The quantitative estimate of drug-likeness (QED) is 0.672. The third-order valence-electron chi connectivity index (χ3n) is 3.37. The lowest BCUT2D eigenvalue weighted by molar-refractivity contribution is -0.130. The van der Waals surface area contributed by atoms with Crippen molar-refractivity contribution >= 4 is 5.91 Å². The molecule has 1 aliphatic carbocycles. The van der Waals surface area contributed by atoms with Crippen LogP contribution < -0.4 is 5.73 Å². The summed E-state index contributed by atoms with van der Waals surface area (Å²) in [5, 5.41) is 0. The average Bonchev–Trinajstić information content (AvgIpc) is 2.94. The van der Waals surface area contributed by atoms with Crippen LogP contribution in [0, 0.1) is 0 Å². The highest BCUT2D eigenvalue weighted by Crippen LogP contribution is 2.30. The minimum Gasteiger partial charge on any atom is -0.340 e. The minimum atomic E-state index is 0.0626. The van der Waals surface area contributed by atoms with Gasteiger partial charge in [0.2, 0.25) is 5.91 Å². The Kier molecular flexibility index (Phi) is 2.74. The largest absolute Gasteiger partial charge is 0.340 e. The molecule has 2 fully saturated rings. The molecular formula is C10H19N3O. The van der Waals surface area contributed by atoms with E-state index >= 15 is 0 Å². The van der Waals surface area contributed by atoms with Gasteiger partial charge in [-0.3, -0.25) is 9.69 Å². The van der Waals surface area contributed by atoms with Crippen molar-refractivity contribution < 1.29 is 4.79 Å². The predicted molar refractivity (Wildman–Crippen MR) is 54.8 cm³/mol. The van der Waals surface area contributed by atoms with Crippen LogP contribution in [0.3, 0.4) is 0 Å². The molecule has 0 aromatic heterocycles. The summed E-state index contributed by atoms with van der Waals surface area (Å²) in [6.07, 6.45) is 3.81. The van der Waals surface area contributed by atoms with Gasteiger partial charge in [0, 0.05) is 32.2 Å². The average molecular weight is 197 g/mol. The molecule has 2 rings (SSSR count). The number of carbonyl (C=O) groups is 1. The van der Waals surface area contributed by atoms with E-state index in [0.717, 1.165) is 25.6 Å². The first-order valence-electron chi connectivity index (χ1n) is 5.42. The molecule has 1 saturated heterocycles. The summed E-state index contributed by atoms with van der Waals surface area (Å²) in [4.78, 5) is 15.7. The molecule has 1 heterocycles. The van der Waals surface area contributed by atoms with E-state index in [-0.39, 0.29) is 12.5 Å². The maximum absolute atomic E-state index is 11.4. The monoisotopic (exact) mass is 197 g/mol. The van der Waals surface area contributed by atoms with Crippen LogP contribution in [-0.2, 0) is 4.79 Å². The van der Waals surface area contributed by atoms with Crippen molar-refractivity contribution in [1.82, 2.24) is 9.80 Å². The summed E-state index contributed by atoms with van der Waals surface area (Å²) in [7, 11) is 1.87. The Morgan fingerprint density at radius 2 is 2.21 bits per heavy atom. The Morgan fingerprint density at radius 3 is 2.79 bits per heavy atom. The highest BCUT2D eigenvalue weighted by atomic mass is 16.2. The van der Waals surface area contributed by atoms with Gasteiger partial charge in [0.05, 0.1) is 6.54 Å². The SMILES string of the molecule is CN(C(=O)CN)C1CCN(C2CC2)C1. The first-order chi connectivity index (χ1) is 6.72. The lowest BCUT2D eigenvalue weighted by Crippen LogP contribution is -2.42. The summed E-state index contributed by atoms with van der Waals surface area (Å²) < 4.78 is 0. The van der Waals surface area contributed by atoms with Gasteiger partial charge in [-0.05, 0) is 19.3 Å². The molecule has 4 heteroatoms. The third kappa shape index (κ3) is 1.91. The molecule has 0 radical (unpaired) electrons. The lowest BCUT2D eigenvalue weighted by Gasteiger charge is -2.24. The molecule has 0 spiro atoms. The fraction of sp³-hybridized carbons (Fsp3) is 0.900. The second-order valence-electron chi connectivity index (χ2n) is 4.38. The van der Waals surface area contributed by atoms with Crippen LogP contribution >= 0.6 is 0 Å². The van der Waals surface area contributed by atoms with Crippen LogP contribution in [0.4, 0.5) is 0 Å². The Bertz CT molecular complexity index is 227. The van der Waals surface area contributed by atoms with Crippen LogP contribution in [-0.4, -0.2) is 54.5 Å². The Morgan fingerprint density at radius 1 is 1.50 bits per heavy atom. The van der Waals surface area contributed by atoms with Gasteiger partial charge in [-0.25, -0.2) is 0 Å². The van der Waals surface area contributed by atoms with Gasteiger partial charge in [0.1, 0.15) is 0 Å². The van der Waals surface area contributed by atoms with Gasteiger partial charge in [0.25, 0.3) is 0 Å². The molecule has 1 aliphatic heterocycles. The number of likely N-dealkylation sites (tertiary alicyclic amines) is 1. The molecule has 14 heavy (non-hydrogen) atoms. The van der Waals surface area contributed by atoms with Crippen molar-refractivity contribution in [2.45, 2.75) is 31.3 Å². The molecule has 1 saturated carbocycles. The summed E-state index contributed by atoms with van der Waals surface area (Å²) >= 11 is 0. The highest BCUT2D eigenvalue weighted by Gasteiger charge is 2.36. The van der Waals surface area contributed by atoms with Gasteiger partial charge in [0.15, 0.2) is 0 Å². The first kappa shape index (κ1) is 9.93. The highest BCUT2D eigenvalue weighted by molar-refractivity contribution is 5.78. The lowest BCUT2D eigenvalue weighted by atomic mass is 10.2. The molecular weight excluding hydrogens is 178 g/mol.